The van der Waals surface area contributed by atoms with Gasteiger partial charge < -0.3 is 9.30 Å². The number of amides is 1. The molecule has 1 atom stereocenters. The molecule has 0 saturated heterocycles. The van der Waals surface area contributed by atoms with Crippen molar-refractivity contribution in [3.63, 3.8) is 0 Å². The minimum absolute atomic E-state index is 0.214. The molecule has 12 heteroatoms. The summed E-state index contributed by atoms with van der Waals surface area (Å²) in [6.45, 7) is 5.04. The van der Waals surface area contributed by atoms with E-state index in [2.05, 4.69) is 26.7 Å². The molecular formula is C26H30ClN7O3S. The fourth-order valence-corrected chi connectivity index (χ4v) is 5.62. The van der Waals surface area contributed by atoms with E-state index in [9.17, 15) is 9.00 Å². The fourth-order valence-electron chi connectivity index (χ4n) is 4.64. The molecule has 5 rings (SSSR count). The molecule has 1 N–H and O–H groups in total. The lowest BCUT2D eigenvalue weighted by atomic mass is 10.1. The van der Waals surface area contributed by atoms with Crippen LogP contribution in [0.4, 0.5) is 11.6 Å². The summed E-state index contributed by atoms with van der Waals surface area (Å²) in [6, 6.07) is 6.95. The third-order valence-corrected chi connectivity index (χ3v) is 7.33. The first kappa shape index (κ1) is 26.2. The summed E-state index contributed by atoms with van der Waals surface area (Å²) in [5.41, 5.74) is 4.14. The Balaban J connectivity index is 1.65. The van der Waals surface area contributed by atoms with Gasteiger partial charge in [-0.25, -0.2) is 13.9 Å². The lowest BCUT2D eigenvalue weighted by Gasteiger charge is -2.16. The Kier molecular flexibility index (Phi) is 6.91. The van der Waals surface area contributed by atoms with E-state index in [4.69, 9.17) is 21.3 Å². The van der Waals surface area contributed by atoms with E-state index in [-0.39, 0.29) is 11.8 Å². The second kappa shape index (κ2) is 10.0. The molecule has 38 heavy (non-hydrogen) atoms. The summed E-state index contributed by atoms with van der Waals surface area (Å²) >= 11 is 6.80. The van der Waals surface area contributed by atoms with Crippen LogP contribution in [-0.2, 0) is 23.3 Å². The Hall–Kier alpha value is -3.44. The zero-order valence-electron chi connectivity index (χ0n) is 22.0. The fraction of sp³-hybridized carbons (Fsp3) is 0.385. The van der Waals surface area contributed by atoms with Crippen LogP contribution in [0.3, 0.4) is 0 Å². The molecule has 0 unspecified atom stereocenters. The molecule has 0 spiro atoms. The highest BCUT2D eigenvalue weighted by molar-refractivity contribution is 7.92. The van der Waals surface area contributed by atoms with Crippen molar-refractivity contribution in [3.05, 3.63) is 46.7 Å². The number of hydrogen-bond acceptors (Lipinski definition) is 7. The molecule has 1 aliphatic rings. The Morgan fingerprint density at radius 2 is 2.03 bits per heavy atom. The molecule has 10 nitrogen and oxygen atoms in total. The Labute approximate surface area is 226 Å². The number of benzene rings is 1. The van der Waals surface area contributed by atoms with Crippen molar-refractivity contribution in [2.24, 2.45) is 17.3 Å². The molecule has 0 radical (unpaired) electrons. The van der Waals surface area contributed by atoms with Gasteiger partial charge in [0.1, 0.15) is 0 Å². The van der Waals surface area contributed by atoms with Crippen LogP contribution in [0.5, 0.6) is 5.88 Å². The van der Waals surface area contributed by atoms with Crippen LogP contribution in [0.2, 0.25) is 5.02 Å². The number of aryl methyl sites for hydroxylation is 2. The first-order valence-corrected chi connectivity index (χ1v) is 15.0. The van der Waals surface area contributed by atoms with Crippen molar-refractivity contribution < 1.29 is 13.7 Å². The molecule has 4 heterocycles. The maximum atomic E-state index is 13.5. The number of rotatable bonds is 1. The van der Waals surface area contributed by atoms with E-state index in [1.807, 2.05) is 18.5 Å². The lowest BCUT2D eigenvalue weighted by Crippen LogP contribution is -2.18. The number of pyridine rings is 1. The quantitative estimate of drug-likeness (QED) is 0.344. The summed E-state index contributed by atoms with van der Waals surface area (Å²) in [5, 5.41) is 7.69. The number of anilines is 1. The molecule has 3 aromatic heterocycles. The molecule has 1 amide bonds. The Morgan fingerprint density at radius 3 is 2.79 bits per heavy atom. The van der Waals surface area contributed by atoms with Crippen LogP contribution in [0.25, 0.3) is 22.3 Å². The minimum atomic E-state index is -2.43. The molecule has 200 valence electrons. The van der Waals surface area contributed by atoms with E-state index < -0.39 is 9.73 Å². The smallest absolute Gasteiger partial charge is 0.258 e. The molecule has 2 bridgehead atoms. The third-order valence-electron chi connectivity index (χ3n) is 6.32. The van der Waals surface area contributed by atoms with Gasteiger partial charge in [-0.2, -0.15) is 9.46 Å². The van der Waals surface area contributed by atoms with Crippen LogP contribution < -0.4 is 10.1 Å². The topological polar surface area (TPSA) is 116 Å². The number of carbonyl (C=O) groups excluding carboxylic acids is 1. The monoisotopic (exact) mass is 555 g/mol. The van der Waals surface area contributed by atoms with Gasteiger partial charge in [-0.15, -0.1) is 0 Å². The number of ether oxygens (including phenoxy) is 1. The van der Waals surface area contributed by atoms with Crippen molar-refractivity contribution >= 4 is 49.9 Å². The van der Waals surface area contributed by atoms with E-state index in [0.29, 0.717) is 63.7 Å². The van der Waals surface area contributed by atoms with Gasteiger partial charge in [0.05, 0.1) is 45.8 Å². The first-order valence-electron chi connectivity index (χ1n) is 12.3. The summed E-state index contributed by atoms with van der Waals surface area (Å²) in [4.78, 5) is 22.9. The maximum absolute atomic E-state index is 13.5. The molecule has 1 aromatic carbocycles. The highest BCUT2D eigenvalue weighted by Gasteiger charge is 2.22. The van der Waals surface area contributed by atoms with E-state index in [1.54, 1.807) is 47.7 Å². The van der Waals surface area contributed by atoms with Crippen molar-refractivity contribution in [3.8, 4) is 17.1 Å². The normalized spacial score (nSPS) is 16.6. The summed E-state index contributed by atoms with van der Waals surface area (Å²) in [5.74, 6) is 0.885. The van der Waals surface area contributed by atoms with E-state index in [1.165, 1.54) is 0 Å². The first-order chi connectivity index (χ1) is 18.0. The number of fused-ring (bicyclic) bond motifs is 7. The van der Waals surface area contributed by atoms with Gasteiger partial charge in [-0.1, -0.05) is 18.5 Å². The second-order valence-corrected chi connectivity index (χ2v) is 12.9. The molecule has 0 aliphatic carbocycles. The van der Waals surface area contributed by atoms with E-state index in [0.717, 1.165) is 18.4 Å². The molecule has 1 aliphatic heterocycles. The zero-order chi connectivity index (χ0) is 27.2. The number of halogens is 1. The highest BCUT2D eigenvalue weighted by Crippen LogP contribution is 2.36. The Morgan fingerprint density at radius 1 is 1.24 bits per heavy atom. The van der Waals surface area contributed by atoms with Gasteiger partial charge in [0.15, 0.2) is 0 Å². The summed E-state index contributed by atoms with van der Waals surface area (Å²) in [7, 11) is -0.603. The molecule has 0 saturated carbocycles. The van der Waals surface area contributed by atoms with Crippen molar-refractivity contribution in [1.82, 2.24) is 24.3 Å². The molecule has 0 fully saturated rings. The average Bonchev–Trinajstić information content (AvgIpc) is 3.37. The van der Waals surface area contributed by atoms with Gasteiger partial charge in [-0.3, -0.25) is 15.1 Å². The van der Waals surface area contributed by atoms with Crippen molar-refractivity contribution in [2.45, 2.75) is 33.2 Å². The number of nitrogens with one attached hydrogen (secondary N) is 1. The summed E-state index contributed by atoms with van der Waals surface area (Å²) < 4.78 is 26.4. The van der Waals surface area contributed by atoms with E-state index >= 15 is 0 Å². The third kappa shape index (κ3) is 5.25. The number of nitrogens with zero attached hydrogens (tertiary/aromatic N) is 6. The van der Waals surface area contributed by atoms with Crippen LogP contribution in [-0.4, -0.2) is 53.6 Å². The SMILES string of the molecule is Cc1cc2cc(n1)-c1cnn(C)c1OCCC[C@@H](C)Cn1c(nc3ccc(N=S(C)(C)=O)c(Cl)c31)NC2=O. The largest absolute Gasteiger partial charge is 0.477 e. The number of imidazole rings is 1. The molecular weight excluding hydrogens is 526 g/mol. The summed E-state index contributed by atoms with van der Waals surface area (Å²) in [6.07, 6.45) is 6.51. The van der Waals surface area contributed by atoms with Gasteiger partial charge in [0.25, 0.3) is 5.91 Å². The van der Waals surface area contributed by atoms with Crippen molar-refractivity contribution in [2.75, 3.05) is 24.4 Å². The van der Waals surface area contributed by atoms with Crippen LogP contribution >= 0.6 is 11.6 Å². The Bertz CT molecular complexity index is 1680. The average molecular weight is 556 g/mol. The molecule has 4 aromatic rings. The predicted octanol–water partition coefficient (Wildman–Crippen LogP) is 5.21. The number of carbonyl (C=O) groups is 1. The van der Waals surface area contributed by atoms with Crippen molar-refractivity contribution in [1.29, 1.82) is 0 Å². The van der Waals surface area contributed by atoms with Crippen LogP contribution in [0, 0.1) is 12.8 Å². The van der Waals surface area contributed by atoms with Gasteiger partial charge in [0.2, 0.25) is 11.8 Å². The standard InChI is InChI=1S/C26H30ClN7O3S/c1-15-7-6-10-37-25-18(13-28-33(25)3)21-12-17(11-16(2)29-21)24(35)31-26-30-20-9-8-19(32-38(4,5)36)22(27)23(20)34(26)14-15/h8-9,11-13,15H,6-7,10,14H2,1-5H3,(H,30,31,35)/t15-/m1/s1. The second-order valence-electron chi connectivity index (χ2n) is 10.0. The van der Waals surface area contributed by atoms with Gasteiger partial charge in [-0.05, 0) is 49.9 Å². The predicted molar refractivity (Wildman–Crippen MR) is 150 cm³/mol. The van der Waals surface area contributed by atoms with Gasteiger partial charge in [0, 0.05) is 47.1 Å². The number of hydrogen-bond donors (Lipinski definition) is 1. The van der Waals surface area contributed by atoms with Crippen LogP contribution in [0.1, 0.15) is 35.8 Å². The van der Waals surface area contributed by atoms with Crippen LogP contribution in [0.15, 0.2) is 34.8 Å². The zero-order valence-corrected chi connectivity index (χ0v) is 23.6. The highest BCUT2D eigenvalue weighted by atomic mass is 35.5. The minimum Gasteiger partial charge on any atom is -0.477 e. The van der Waals surface area contributed by atoms with Gasteiger partial charge >= 0.3 is 0 Å². The number of aromatic nitrogens is 5. The lowest BCUT2D eigenvalue weighted by molar-refractivity contribution is 0.102. The maximum Gasteiger partial charge on any atom is 0.258 e.